The van der Waals surface area contributed by atoms with Crippen molar-refractivity contribution in [2.45, 2.75) is 65.3 Å². The Morgan fingerprint density at radius 3 is 2.44 bits per heavy atom. The predicted molar refractivity (Wildman–Crippen MR) is 129 cm³/mol. The Kier molecular flexibility index (Phi) is 7.62. The molecule has 0 aliphatic carbocycles. The largest absolute Gasteiger partial charge is 0.436 e. The summed E-state index contributed by atoms with van der Waals surface area (Å²) in [5.41, 5.74) is 9.16. The number of aliphatic hydroxyl groups excluding tert-OH is 1. The van der Waals surface area contributed by atoms with Gasteiger partial charge in [0.1, 0.15) is 6.04 Å². The van der Waals surface area contributed by atoms with E-state index in [-0.39, 0.29) is 24.9 Å². The standard InChI is InChI=1S/C24H32N4O5S/c1-13(15-6-8-16(9-7-15)19-14(2)26-12-34-19)27-21(30)18-10-17(29)11-28(18)22(31)20(24(3,4)5)33-23(25)32/h6-9,12-13,17-18,20,29H,10-11H2,1-5H3,(H2,25,32)(H,27,30)/t13-,17+,18-,20?/m0/s1. The normalized spacial score (nSPS) is 20.0. The number of aromatic nitrogens is 1. The highest BCUT2D eigenvalue weighted by Crippen LogP contribution is 2.30. The van der Waals surface area contributed by atoms with Crippen molar-refractivity contribution in [1.29, 1.82) is 0 Å². The summed E-state index contributed by atoms with van der Waals surface area (Å²) in [6.07, 6.45) is -3.00. The van der Waals surface area contributed by atoms with Crippen LogP contribution in [0.5, 0.6) is 0 Å². The van der Waals surface area contributed by atoms with E-state index in [1.807, 2.05) is 43.6 Å². The van der Waals surface area contributed by atoms with Gasteiger partial charge >= 0.3 is 6.09 Å². The van der Waals surface area contributed by atoms with Gasteiger partial charge in [-0.2, -0.15) is 0 Å². The number of aliphatic hydroxyl groups is 1. The lowest BCUT2D eigenvalue weighted by Crippen LogP contribution is -2.53. The highest BCUT2D eigenvalue weighted by atomic mass is 32.1. The number of aryl methyl sites for hydroxylation is 1. The van der Waals surface area contributed by atoms with Crippen molar-refractivity contribution in [3.8, 4) is 10.4 Å². The van der Waals surface area contributed by atoms with Crippen LogP contribution in [0.1, 0.15) is 51.4 Å². The number of nitrogens with two attached hydrogens (primary N) is 1. The Morgan fingerprint density at radius 2 is 1.91 bits per heavy atom. The Balaban J connectivity index is 1.72. The molecule has 34 heavy (non-hydrogen) atoms. The van der Waals surface area contributed by atoms with Gasteiger partial charge in [-0.3, -0.25) is 9.59 Å². The van der Waals surface area contributed by atoms with Crippen LogP contribution in [0.3, 0.4) is 0 Å². The molecule has 1 aromatic heterocycles. The SMILES string of the molecule is Cc1ncsc1-c1ccc([C@H](C)NC(=O)[C@@H]2C[C@@H](O)CN2C(=O)C(OC(N)=O)C(C)(C)C)cc1. The fraction of sp³-hybridized carbons (Fsp3) is 0.500. The third-order valence-corrected chi connectivity index (χ3v) is 6.86. The van der Waals surface area contributed by atoms with E-state index in [4.69, 9.17) is 10.5 Å². The molecule has 1 aromatic carbocycles. The van der Waals surface area contributed by atoms with Crippen LogP contribution in [-0.4, -0.2) is 57.7 Å². The zero-order valence-electron chi connectivity index (χ0n) is 20.1. The van der Waals surface area contributed by atoms with Gasteiger partial charge in [0.25, 0.3) is 5.91 Å². The number of likely N-dealkylation sites (tertiary alicyclic amines) is 1. The van der Waals surface area contributed by atoms with E-state index in [1.165, 1.54) is 4.90 Å². The average Bonchev–Trinajstić information content (AvgIpc) is 3.36. The second kappa shape index (κ2) is 10.1. The van der Waals surface area contributed by atoms with E-state index in [0.29, 0.717) is 0 Å². The molecule has 1 fully saturated rings. The molecule has 184 valence electrons. The van der Waals surface area contributed by atoms with Crippen LogP contribution in [0.15, 0.2) is 29.8 Å². The first-order valence-corrected chi connectivity index (χ1v) is 12.0. The Hall–Kier alpha value is -2.98. The topological polar surface area (TPSA) is 135 Å². The number of nitrogens with zero attached hydrogens (tertiary/aromatic N) is 2. The van der Waals surface area contributed by atoms with E-state index in [1.54, 1.807) is 32.1 Å². The number of ether oxygens (including phenoxy) is 1. The molecule has 4 N–H and O–H groups in total. The molecule has 10 heteroatoms. The van der Waals surface area contributed by atoms with Gasteiger partial charge in [-0.1, -0.05) is 45.0 Å². The lowest BCUT2D eigenvalue weighted by molar-refractivity contribution is -0.150. The van der Waals surface area contributed by atoms with Gasteiger partial charge in [-0.25, -0.2) is 9.78 Å². The van der Waals surface area contributed by atoms with Crippen molar-refractivity contribution in [2.75, 3.05) is 6.54 Å². The molecule has 0 radical (unpaired) electrons. The number of thiazole rings is 1. The number of carbonyl (C=O) groups excluding carboxylic acids is 3. The lowest BCUT2D eigenvalue weighted by atomic mass is 9.88. The van der Waals surface area contributed by atoms with Gasteiger partial charge in [0, 0.05) is 18.4 Å². The first kappa shape index (κ1) is 25.6. The minimum absolute atomic E-state index is 0.0249. The number of amides is 3. The molecule has 0 bridgehead atoms. The summed E-state index contributed by atoms with van der Waals surface area (Å²) in [6.45, 7) is 9.00. The van der Waals surface area contributed by atoms with Crippen LogP contribution >= 0.6 is 11.3 Å². The Labute approximate surface area is 203 Å². The number of primary amides is 1. The molecular weight excluding hydrogens is 456 g/mol. The minimum Gasteiger partial charge on any atom is -0.436 e. The predicted octanol–water partition coefficient (Wildman–Crippen LogP) is 2.77. The Bertz CT molecular complexity index is 1050. The maximum absolute atomic E-state index is 13.2. The van der Waals surface area contributed by atoms with Crippen LogP contribution < -0.4 is 11.1 Å². The summed E-state index contributed by atoms with van der Waals surface area (Å²) in [7, 11) is 0. The number of hydrogen-bond donors (Lipinski definition) is 3. The maximum Gasteiger partial charge on any atom is 0.405 e. The van der Waals surface area contributed by atoms with Gasteiger partial charge in [-0.15, -0.1) is 11.3 Å². The molecule has 4 atom stereocenters. The molecule has 2 heterocycles. The van der Waals surface area contributed by atoms with Gasteiger partial charge in [0.05, 0.1) is 28.2 Å². The summed E-state index contributed by atoms with van der Waals surface area (Å²) < 4.78 is 5.08. The highest BCUT2D eigenvalue weighted by Gasteiger charge is 2.45. The highest BCUT2D eigenvalue weighted by molar-refractivity contribution is 7.13. The second-order valence-electron chi connectivity index (χ2n) is 9.70. The van der Waals surface area contributed by atoms with Gasteiger partial charge in [-0.05, 0) is 25.0 Å². The first-order valence-electron chi connectivity index (χ1n) is 11.1. The Morgan fingerprint density at radius 1 is 1.26 bits per heavy atom. The summed E-state index contributed by atoms with van der Waals surface area (Å²) in [5.74, 6) is -0.938. The van der Waals surface area contributed by atoms with Crippen molar-refractivity contribution in [3.63, 3.8) is 0 Å². The molecule has 3 rings (SSSR count). The number of hydrogen-bond acceptors (Lipinski definition) is 7. The van der Waals surface area contributed by atoms with Crippen molar-refractivity contribution in [3.05, 3.63) is 41.0 Å². The molecule has 1 unspecified atom stereocenters. The van der Waals surface area contributed by atoms with E-state index < -0.39 is 35.7 Å². The van der Waals surface area contributed by atoms with Crippen molar-refractivity contribution in [1.82, 2.24) is 15.2 Å². The van der Waals surface area contributed by atoms with Crippen molar-refractivity contribution < 1.29 is 24.2 Å². The van der Waals surface area contributed by atoms with Gasteiger partial charge < -0.3 is 25.8 Å². The fourth-order valence-corrected chi connectivity index (χ4v) is 4.88. The van der Waals surface area contributed by atoms with Crippen LogP contribution in [0.4, 0.5) is 4.79 Å². The van der Waals surface area contributed by atoms with Crippen molar-refractivity contribution in [2.24, 2.45) is 11.1 Å². The van der Waals surface area contributed by atoms with Crippen LogP contribution in [-0.2, 0) is 14.3 Å². The number of β-amino-alcohol motifs (C(OH)–C–C–N with tert-alkyl or cyclic N) is 1. The number of benzene rings is 1. The second-order valence-corrected chi connectivity index (χ2v) is 10.6. The molecule has 2 aromatic rings. The average molecular weight is 489 g/mol. The van der Waals surface area contributed by atoms with Gasteiger partial charge in [0.2, 0.25) is 5.91 Å². The molecule has 1 saturated heterocycles. The third-order valence-electron chi connectivity index (χ3n) is 5.89. The summed E-state index contributed by atoms with van der Waals surface area (Å²) >= 11 is 1.57. The molecule has 0 spiro atoms. The van der Waals surface area contributed by atoms with Crippen LogP contribution in [0.25, 0.3) is 10.4 Å². The van der Waals surface area contributed by atoms with E-state index in [2.05, 4.69) is 10.3 Å². The van der Waals surface area contributed by atoms with Gasteiger partial charge in [0.15, 0.2) is 6.10 Å². The van der Waals surface area contributed by atoms with E-state index >= 15 is 0 Å². The smallest absolute Gasteiger partial charge is 0.405 e. The number of carbonyl (C=O) groups is 3. The van der Waals surface area contributed by atoms with Crippen LogP contribution in [0, 0.1) is 12.3 Å². The lowest BCUT2D eigenvalue weighted by Gasteiger charge is -2.34. The molecule has 0 saturated carbocycles. The quantitative estimate of drug-likeness (QED) is 0.572. The number of nitrogens with one attached hydrogen (secondary N) is 1. The van der Waals surface area contributed by atoms with E-state index in [9.17, 15) is 19.5 Å². The summed E-state index contributed by atoms with van der Waals surface area (Å²) in [5, 5.41) is 13.2. The maximum atomic E-state index is 13.2. The molecular formula is C24H32N4O5S. The number of rotatable bonds is 6. The van der Waals surface area contributed by atoms with E-state index in [0.717, 1.165) is 21.7 Å². The van der Waals surface area contributed by atoms with Crippen LogP contribution in [0.2, 0.25) is 0 Å². The summed E-state index contributed by atoms with van der Waals surface area (Å²) in [6, 6.07) is 6.67. The zero-order valence-corrected chi connectivity index (χ0v) is 20.9. The molecule has 1 aliphatic rings. The molecule has 3 amide bonds. The summed E-state index contributed by atoms with van der Waals surface area (Å²) in [4.78, 5) is 44.4. The minimum atomic E-state index is -1.18. The molecule has 9 nitrogen and oxygen atoms in total. The zero-order chi connectivity index (χ0) is 25.2. The molecule has 1 aliphatic heterocycles. The monoisotopic (exact) mass is 488 g/mol. The van der Waals surface area contributed by atoms with Crippen molar-refractivity contribution >= 4 is 29.2 Å². The fourth-order valence-electron chi connectivity index (χ4n) is 4.07. The first-order chi connectivity index (χ1) is 15.9. The third kappa shape index (κ3) is 5.74.